The van der Waals surface area contributed by atoms with E-state index in [-0.39, 0.29) is 11.9 Å². The standard InChI is InChI=1S/C19H23N3O3/c1-13-9-17(24-2)18(25-3)10-15(13)19(23)22-8-7-21-12-16(22)14-5-4-6-20-11-14/h4-6,9-11,16,21H,7-8,12H2,1-3H3. The van der Waals surface area contributed by atoms with E-state index in [0.29, 0.717) is 30.2 Å². The van der Waals surface area contributed by atoms with Gasteiger partial charge in [0.05, 0.1) is 20.3 Å². The van der Waals surface area contributed by atoms with Crippen LogP contribution in [0.2, 0.25) is 0 Å². The highest BCUT2D eigenvalue weighted by Gasteiger charge is 2.30. The molecule has 1 unspecified atom stereocenters. The van der Waals surface area contributed by atoms with Gasteiger partial charge in [0.1, 0.15) is 0 Å². The lowest BCUT2D eigenvalue weighted by Gasteiger charge is -2.36. The Hall–Kier alpha value is -2.60. The van der Waals surface area contributed by atoms with Crippen LogP contribution in [0.3, 0.4) is 0 Å². The number of amides is 1. The van der Waals surface area contributed by atoms with Crippen molar-refractivity contribution in [2.45, 2.75) is 13.0 Å². The van der Waals surface area contributed by atoms with Gasteiger partial charge in [-0.05, 0) is 36.2 Å². The first-order valence-corrected chi connectivity index (χ1v) is 8.30. The van der Waals surface area contributed by atoms with Crippen molar-refractivity contribution in [3.63, 3.8) is 0 Å². The molecule has 0 saturated carbocycles. The normalized spacial score (nSPS) is 17.2. The zero-order valence-corrected chi connectivity index (χ0v) is 14.8. The molecule has 1 fully saturated rings. The predicted molar refractivity (Wildman–Crippen MR) is 95.2 cm³/mol. The van der Waals surface area contributed by atoms with Crippen LogP contribution in [0.4, 0.5) is 0 Å². The maximum Gasteiger partial charge on any atom is 0.254 e. The number of benzene rings is 1. The molecule has 132 valence electrons. The number of aromatic nitrogens is 1. The molecule has 1 N–H and O–H groups in total. The molecule has 1 atom stereocenters. The number of carbonyl (C=O) groups excluding carboxylic acids is 1. The second-order valence-corrected chi connectivity index (χ2v) is 6.03. The van der Waals surface area contributed by atoms with Crippen LogP contribution in [0.5, 0.6) is 11.5 Å². The summed E-state index contributed by atoms with van der Waals surface area (Å²) in [5.74, 6) is 1.18. The van der Waals surface area contributed by atoms with E-state index >= 15 is 0 Å². The number of aryl methyl sites for hydroxylation is 1. The highest BCUT2D eigenvalue weighted by molar-refractivity contribution is 5.96. The van der Waals surface area contributed by atoms with Gasteiger partial charge in [-0.2, -0.15) is 0 Å². The molecule has 6 nitrogen and oxygen atoms in total. The van der Waals surface area contributed by atoms with Crippen molar-refractivity contribution in [1.82, 2.24) is 15.2 Å². The molecule has 0 aliphatic carbocycles. The van der Waals surface area contributed by atoms with Crippen LogP contribution in [0, 0.1) is 6.92 Å². The maximum atomic E-state index is 13.3. The third-order valence-corrected chi connectivity index (χ3v) is 4.53. The molecule has 2 aromatic rings. The van der Waals surface area contributed by atoms with Gasteiger partial charge < -0.3 is 19.7 Å². The van der Waals surface area contributed by atoms with E-state index in [4.69, 9.17) is 9.47 Å². The molecule has 1 saturated heterocycles. The molecule has 0 radical (unpaired) electrons. The van der Waals surface area contributed by atoms with E-state index < -0.39 is 0 Å². The van der Waals surface area contributed by atoms with E-state index in [2.05, 4.69) is 10.3 Å². The Morgan fingerprint density at radius 1 is 1.28 bits per heavy atom. The largest absolute Gasteiger partial charge is 0.493 e. The highest BCUT2D eigenvalue weighted by atomic mass is 16.5. The Morgan fingerprint density at radius 3 is 2.72 bits per heavy atom. The minimum Gasteiger partial charge on any atom is -0.493 e. The molecule has 1 aliphatic heterocycles. The number of pyridine rings is 1. The fourth-order valence-electron chi connectivity index (χ4n) is 3.18. The first kappa shape index (κ1) is 17.2. The van der Waals surface area contributed by atoms with Gasteiger partial charge in [-0.15, -0.1) is 0 Å². The van der Waals surface area contributed by atoms with Crippen molar-refractivity contribution in [2.24, 2.45) is 0 Å². The number of piperazine rings is 1. The quantitative estimate of drug-likeness (QED) is 0.924. The third kappa shape index (κ3) is 3.44. The fourth-order valence-corrected chi connectivity index (χ4v) is 3.18. The summed E-state index contributed by atoms with van der Waals surface area (Å²) in [6.07, 6.45) is 3.56. The minimum atomic E-state index is -0.0394. The summed E-state index contributed by atoms with van der Waals surface area (Å²) in [5.41, 5.74) is 2.53. The fraction of sp³-hybridized carbons (Fsp3) is 0.368. The number of methoxy groups -OCH3 is 2. The molecular formula is C19H23N3O3. The average Bonchev–Trinajstić information content (AvgIpc) is 2.67. The van der Waals surface area contributed by atoms with Gasteiger partial charge in [0.15, 0.2) is 11.5 Å². The number of ether oxygens (including phenoxy) is 2. The maximum absolute atomic E-state index is 13.3. The Balaban J connectivity index is 1.95. The summed E-state index contributed by atoms with van der Waals surface area (Å²) in [4.78, 5) is 19.3. The van der Waals surface area contributed by atoms with Crippen LogP contribution in [0.1, 0.15) is 27.5 Å². The molecule has 2 heterocycles. The summed E-state index contributed by atoms with van der Waals surface area (Å²) >= 11 is 0. The molecule has 1 aliphatic rings. The zero-order chi connectivity index (χ0) is 17.8. The van der Waals surface area contributed by atoms with Crippen molar-refractivity contribution in [1.29, 1.82) is 0 Å². The molecule has 1 aromatic heterocycles. The van der Waals surface area contributed by atoms with E-state index in [1.165, 1.54) is 0 Å². The van der Waals surface area contributed by atoms with Gasteiger partial charge in [-0.3, -0.25) is 9.78 Å². The van der Waals surface area contributed by atoms with E-state index in [1.54, 1.807) is 26.5 Å². The lowest BCUT2D eigenvalue weighted by molar-refractivity contribution is 0.0633. The van der Waals surface area contributed by atoms with E-state index in [0.717, 1.165) is 17.7 Å². The molecule has 0 spiro atoms. The van der Waals surface area contributed by atoms with Crippen LogP contribution in [-0.4, -0.2) is 49.6 Å². The van der Waals surface area contributed by atoms with Crippen molar-refractivity contribution in [2.75, 3.05) is 33.9 Å². The van der Waals surface area contributed by atoms with Crippen LogP contribution in [0.15, 0.2) is 36.7 Å². The minimum absolute atomic E-state index is 0.00574. The van der Waals surface area contributed by atoms with Gasteiger partial charge in [-0.1, -0.05) is 6.07 Å². The summed E-state index contributed by atoms with van der Waals surface area (Å²) in [6, 6.07) is 7.47. The van der Waals surface area contributed by atoms with Crippen molar-refractivity contribution >= 4 is 5.91 Å². The second kappa shape index (κ2) is 7.53. The van der Waals surface area contributed by atoms with Gasteiger partial charge in [0, 0.05) is 37.6 Å². The molecule has 6 heteroatoms. The molecule has 25 heavy (non-hydrogen) atoms. The first-order valence-electron chi connectivity index (χ1n) is 8.30. The van der Waals surface area contributed by atoms with Crippen molar-refractivity contribution in [3.8, 4) is 11.5 Å². The number of hydrogen-bond acceptors (Lipinski definition) is 5. The SMILES string of the molecule is COc1cc(C)c(C(=O)N2CCNCC2c2cccnc2)cc1OC. The Bertz CT molecular complexity index is 749. The summed E-state index contributed by atoms with van der Waals surface area (Å²) in [7, 11) is 3.16. The van der Waals surface area contributed by atoms with Crippen LogP contribution in [-0.2, 0) is 0 Å². The Labute approximate surface area is 147 Å². The monoisotopic (exact) mass is 341 g/mol. The number of nitrogens with one attached hydrogen (secondary N) is 1. The number of carbonyl (C=O) groups is 1. The van der Waals surface area contributed by atoms with E-state index in [1.807, 2.05) is 36.2 Å². The topological polar surface area (TPSA) is 63.7 Å². The van der Waals surface area contributed by atoms with E-state index in [9.17, 15) is 4.79 Å². The van der Waals surface area contributed by atoms with Crippen LogP contribution < -0.4 is 14.8 Å². The zero-order valence-electron chi connectivity index (χ0n) is 14.8. The molecule has 0 bridgehead atoms. The summed E-state index contributed by atoms with van der Waals surface area (Å²) in [5, 5.41) is 3.36. The summed E-state index contributed by atoms with van der Waals surface area (Å²) < 4.78 is 10.7. The predicted octanol–water partition coefficient (Wildman–Crippen LogP) is 2.19. The summed E-state index contributed by atoms with van der Waals surface area (Å²) in [6.45, 7) is 4.04. The van der Waals surface area contributed by atoms with Crippen LogP contribution in [0.25, 0.3) is 0 Å². The lowest BCUT2D eigenvalue weighted by Crippen LogP contribution is -2.48. The second-order valence-electron chi connectivity index (χ2n) is 6.03. The number of nitrogens with zero attached hydrogens (tertiary/aromatic N) is 2. The van der Waals surface area contributed by atoms with Gasteiger partial charge in [0.2, 0.25) is 0 Å². The first-order chi connectivity index (χ1) is 12.2. The van der Waals surface area contributed by atoms with Gasteiger partial charge >= 0.3 is 0 Å². The Kier molecular flexibility index (Phi) is 5.19. The van der Waals surface area contributed by atoms with Gasteiger partial charge in [-0.25, -0.2) is 0 Å². The average molecular weight is 341 g/mol. The van der Waals surface area contributed by atoms with Crippen LogP contribution >= 0.6 is 0 Å². The Morgan fingerprint density at radius 2 is 2.04 bits per heavy atom. The van der Waals surface area contributed by atoms with Gasteiger partial charge in [0.25, 0.3) is 5.91 Å². The molecule has 3 rings (SSSR count). The molecule has 1 aromatic carbocycles. The number of hydrogen-bond donors (Lipinski definition) is 1. The third-order valence-electron chi connectivity index (χ3n) is 4.53. The lowest BCUT2D eigenvalue weighted by atomic mass is 10.0. The number of rotatable bonds is 4. The molecule has 1 amide bonds. The smallest absolute Gasteiger partial charge is 0.254 e. The highest BCUT2D eigenvalue weighted by Crippen LogP contribution is 2.32. The molecular weight excluding hydrogens is 318 g/mol. The van der Waals surface area contributed by atoms with Crippen molar-refractivity contribution in [3.05, 3.63) is 53.3 Å². The van der Waals surface area contributed by atoms with Crippen molar-refractivity contribution < 1.29 is 14.3 Å².